The van der Waals surface area contributed by atoms with Gasteiger partial charge in [-0.15, -0.1) is 0 Å². The molecule has 0 saturated heterocycles. The van der Waals surface area contributed by atoms with Gasteiger partial charge in [-0.05, 0) is 85.5 Å². The second-order valence-electron chi connectivity index (χ2n) is 10.6. The van der Waals surface area contributed by atoms with E-state index in [0.29, 0.717) is 18.7 Å². The van der Waals surface area contributed by atoms with Crippen molar-refractivity contribution in [2.75, 3.05) is 6.54 Å². The first kappa shape index (κ1) is 21.2. The van der Waals surface area contributed by atoms with Crippen molar-refractivity contribution in [3.05, 3.63) is 71.3 Å². The standard InChI is InChI=1S/C28H34N2O2/c1-19(24-5-3-2-4-6-24)17-29-26(31)25-9-7-20(8-10-25)18-30-27(32)28-14-21-11-22(15-28)13-23(12-21)16-28/h2-10,19,21-23H,11-18H2,1H3,(H,29,31)(H,30,32). The molecule has 0 aromatic heterocycles. The van der Waals surface area contributed by atoms with E-state index >= 15 is 0 Å². The van der Waals surface area contributed by atoms with E-state index in [9.17, 15) is 9.59 Å². The smallest absolute Gasteiger partial charge is 0.251 e. The molecule has 4 heteroatoms. The molecular weight excluding hydrogens is 396 g/mol. The van der Waals surface area contributed by atoms with Crippen LogP contribution in [0.5, 0.6) is 0 Å². The highest BCUT2D eigenvalue weighted by atomic mass is 16.2. The molecule has 4 nitrogen and oxygen atoms in total. The zero-order chi connectivity index (χ0) is 22.1. The zero-order valence-corrected chi connectivity index (χ0v) is 19.0. The maximum Gasteiger partial charge on any atom is 0.251 e. The van der Waals surface area contributed by atoms with Crippen LogP contribution in [-0.2, 0) is 11.3 Å². The summed E-state index contributed by atoms with van der Waals surface area (Å²) < 4.78 is 0. The van der Waals surface area contributed by atoms with Crippen molar-refractivity contribution >= 4 is 11.8 Å². The molecule has 4 aliphatic carbocycles. The maximum atomic E-state index is 13.1. The van der Waals surface area contributed by atoms with Crippen LogP contribution in [0, 0.1) is 23.2 Å². The molecule has 0 spiro atoms. The van der Waals surface area contributed by atoms with Gasteiger partial charge in [0.15, 0.2) is 0 Å². The quantitative estimate of drug-likeness (QED) is 0.646. The van der Waals surface area contributed by atoms with Crippen LogP contribution in [0.4, 0.5) is 0 Å². The molecule has 2 amide bonds. The van der Waals surface area contributed by atoms with Crippen molar-refractivity contribution in [1.29, 1.82) is 0 Å². The van der Waals surface area contributed by atoms with E-state index in [1.807, 2.05) is 42.5 Å². The molecule has 0 radical (unpaired) electrons. The maximum absolute atomic E-state index is 13.1. The third-order valence-corrected chi connectivity index (χ3v) is 8.13. The molecule has 4 saturated carbocycles. The monoisotopic (exact) mass is 430 g/mol. The summed E-state index contributed by atoms with van der Waals surface area (Å²) >= 11 is 0. The van der Waals surface area contributed by atoms with E-state index in [4.69, 9.17) is 0 Å². The second kappa shape index (κ2) is 8.73. The van der Waals surface area contributed by atoms with Crippen molar-refractivity contribution in [2.45, 2.75) is 57.9 Å². The molecule has 32 heavy (non-hydrogen) atoms. The summed E-state index contributed by atoms with van der Waals surface area (Å²) in [5.74, 6) is 2.78. The fourth-order valence-electron chi connectivity index (χ4n) is 6.78. The Morgan fingerprint density at radius 3 is 2.06 bits per heavy atom. The predicted octanol–water partition coefficient (Wildman–Crippen LogP) is 5.05. The highest BCUT2D eigenvalue weighted by Crippen LogP contribution is 2.60. The number of nitrogens with one attached hydrogen (secondary N) is 2. The van der Waals surface area contributed by atoms with Crippen LogP contribution in [-0.4, -0.2) is 18.4 Å². The van der Waals surface area contributed by atoms with E-state index in [-0.39, 0.29) is 23.1 Å². The van der Waals surface area contributed by atoms with Crippen LogP contribution in [0.2, 0.25) is 0 Å². The van der Waals surface area contributed by atoms with Gasteiger partial charge in [0.1, 0.15) is 0 Å². The van der Waals surface area contributed by atoms with Crippen LogP contribution < -0.4 is 10.6 Å². The number of hydrogen-bond acceptors (Lipinski definition) is 2. The van der Waals surface area contributed by atoms with Gasteiger partial charge in [0, 0.05) is 24.1 Å². The first-order valence-electron chi connectivity index (χ1n) is 12.2. The third-order valence-electron chi connectivity index (χ3n) is 8.13. The van der Waals surface area contributed by atoms with Crippen LogP contribution in [0.25, 0.3) is 0 Å². The van der Waals surface area contributed by atoms with Gasteiger partial charge in [-0.3, -0.25) is 9.59 Å². The summed E-state index contributed by atoms with van der Waals surface area (Å²) in [6.45, 7) is 3.25. The van der Waals surface area contributed by atoms with Crippen molar-refractivity contribution < 1.29 is 9.59 Å². The van der Waals surface area contributed by atoms with Gasteiger partial charge in [0.2, 0.25) is 5.91 Å². The van der Waals surface area contributed by atoms with E-state index in [2.05, 4.69) is 29.7 Å². The molecule has 0 aliphatic heterocycles. The van der Waals surface area contributed by atoms with Gasteiger partial charge in [-0.2, -0.15) is 0 Å². The average molecular weight is 431 g/mol. The van der Waals surface area contributed by atoms with Gasteiger partial charge in [0.05, 0.1) is 0 Å². The van der Waals surface area contributed by atoms with Crippen LogP contribution in [0.15, 0.2) is 54.6 Å². The van der Waals surface area contributed by atoms with E-state index in [1.54, 1.807) is 0 Å². The number of hydrogen-bond donors (Lipinski definition) is 2. The molecule has 4 fully saturated rings. The SMILES string of the molecule is CC(CNC(=O)c1ccc(CNC(=O)C23CC4CC(CC(C4)C2)C3)cc1)c1ccccc1. The topological polar surface area (TPSA) is 58.2 Å². The minimum atomic E-state index is -0.107. The molecule has 0 heterocycles. The van der Waals surface area contributed by atoms with E-state index in [0.717, 1.165) is 42.6 Å². The van der Waals surface area contributed by atoms with Gasteiger partial charge in [-0.1, -0.05) is 49.4 Å². The van der Waals surface area contributed by atoms with E-state index in [1.165, 1.54) is 24.8 Å². The van der Waals surface area contributed by atoms with Crippen molar-refractivity contribution in [3.63, 3.8) is 0 Å². The van der Waals surface area contributed by atoms with E-state index < -0.39 is 0 Å². The van der Waals surface area contributed by atoms with Crippen LogP contribution in [0.3, 0.4) is 0 Å². The number of carbonyl (C=O) groups excluding carboxylic acids is 2. The van der Waals surface area contributed by atoms with Crippen molar-refractivity contribution in [2.24, 2.45) is 23.2 Å². The molecule has 1 atom stereocenters. The first-order chi connectivity index (χ1) is 15.5. The molecule has 2 aromatic carbocycles. The first-order valence-corrected chi connectivity index (χ1v) is 12.2. The van der Waals surface area contributed by atoms with Gasteiger partial charge >= 0.3 is 0 Å². The minimum absolute atomic E-state index is 0.0584. The van der Waals surface area contributed by atoms with Gasteiger partial charge < -0.3 is 10.6 Å². The van der Waals surface area contributed by atoms with Gasteiger partial charge in [-0.25, -0.2) is 0 Å². The molecule has 4 bridgehead atoms. The minimum Gasteiger partial charge on any atom is -0.352 e. The van der Waals surface area contributed by atoms with Crippen LogP contribution in [0.1, 0.15) is 72.9 Å². The van der Waals surface area contributed by atoms with Crippen molar-refractivity contribution in [3.8, 4) is 0 Å². The Morgan fingerprint density at radius 1 is 0.875 bits per heavy atom. The number of carbonyl (C=O) groups is 2. The lowest BCUT2D eigenvalue weighted by molar-refractivity contribution is -0.146. The Balaban J connectivity index is 1.12. The third kappa shape index (κ3) is 4.32. The Kier molecular flexibility index (Phi) is 5.79. The highest BCUT2D eigenvalue weighted by Gasteiger charge is 2.54. The largest absolute Gasteiger partial charge is 0.352 e. The Morgan fingerprint density at radius 2 is 1.47 bits per heavy atom. The van der Waals surface area contributed by atoms with Gasteiger partial charge in [0.25, 0.3) is 5.91 Å². The normalized spacial score (nSPS) is 28.8. The lowest BCUT2D eigenvalue weighted by Crippen LogP contribution is -2.53. The summed E-state index contributed by atoms with van der Waals surface area (Å²) in [6.07, 6.45) is 7.31. The summed E-state index contributed by atoms with van der Waals surface area (Å²) in [4.78, 5) is 25.7. The highest BCUT2D eigenvalue weighted by molar-refractivity contribution is 5.94. The number of rotatable bonds is 7. The zero-order valence-electron chi connectivity index (χ0n) is 19.0. The summed E-state index contributed by atoms with van der Waals surface area (Å²) in [5, 5.41) is 6.26. The fraction of sp³-hybridized carbons (Fsp3) is 0.500. The molecule has 2 N–H and O–H groups in total. The molecule has 2 aromatic rings. The lowest BCUT2D eigenvalue weighted by Gasteiger charge is -2.55. The molecule has 6 rings (SSSR count). The molecular formula is C28H34N2O2. The number of amides is 2. The molecule has 4 aliphatic rings. The Hall–Kier alpha value is -2.62. The lowest BCUT2D eigenvalue weighted by atomic mass is 9.49. The summed E-state index contributed by atoms with van der Waals surface area (Å²) in [7, 11) is 0. The average Bonchev–Trinajstić information content (AvgIpc) is 2.80. The molecule has 168 valence electrons. The van der Waals surface area contributed by atoms with Crippen LogP contribution >= 0.6 is 0 Å². The molecule has 1 unspecified atom stereocenters. The summed E-state index contributed by atoms with van der Waals surface area (Å²) in [5.41, 5.74) is 2.81. The predicted molar refractivity (Wildman–Crippen MR) is 126 cm³/mol. The second-order valence-corrected chi connectivity index (χ2v) is 10.6. The Labute approximate surface area is 191 Å². The summed E-state index contributed by atoms with van der Waals surface area (Å²) in [6, 6.07) is 17.8. The fourth-order valence-corrected chi connectivity index (χ4v) is 6.78. The van der Waals surface area contributed by atoms with Crippen molar-refractivity contribution in [1.82, 2.24) is 10.6 Å². The number of benzene rings is 2. The Bertz CT molecular complexity index is 931.